The van der Waals surface area contributed by atoms with Gasteiger partial charge >= 0.3 is 0 Å². The van der Waals surface area contributed by atoms with Crippen LogP contribution in [0.2, 0.25) is 0 Å². The van der Waals surface area contributed by atoms with E-state index in [2.05, 4.69) is 11.9 Å². The van der Waals surface area contributed by atoms with Gasteiger partial charge in [0.2, 0.25) is 5.91 Å². The van der Waals surface area contributed by atoms with Crippen LogP contribution >= 0.6 is 11.3 Å². The van der Waals surface area contributed by atoms with Crippen molar-refractivity contribution in [3.63, 3.8) is 0 Å². The summed E-state index contributed by atoms with van der Waals surface area (Å²) in [6.07, 6.45) is 1.68. The van der Waals surface area contributed by atoms with E-state index >= 15 is 0 Å². The topological polar surface area (TPSA) is 58.6 Å². The Labute approximate surface area is 150 Å². The maximum absolute atomic E-state index is 12.9. The molecule has 0 aliphatic carbocycles. The molecule has 0 saturated heterocycles. The predicted molar refractivity (Wildman–Crippen MR) is 101 cm³/mol. The fourth-order valence-corrected chi connectivity index (χ4v) is 3.25. The van der Waals surface area contributed by atoms with Crippen LogP contribution < -0.4 is 15.0 Å². The standard InChI is InChI=1S/C19H20N2O3S/c1-4-9-21-14-11-13(20-17(22)16-6-5-10-25-16)7-8-15(14)24-12-19(2,3)18(21)23/h4-8,10-11H,1,9,12H2,2-3H3,(H,20,22). The van der Waals surface area contributed by atoms with Gasteiger partial charge in [-0.15, -0.1) is 17.9 Å². The molecule has 1 aromatic carbocycles. The molecular formula is C19H20N2O3S. The van der Waals surface area contributed by atoms with Gasteiger partial charge in [0.05, 0.1) is 16.0 Å². The molecule has 1 aliphatic rings. The van der Waals surface area contributed by atoms with Crippen molar-refractivity contribution in [3.8, 4) is 5.75 Å². The minimum atomic E-state index is -0.636. The molecule has 3 rings (SSSR count). The molecule has 25 heavy (non-hydrogen) atoms. The van der Waals surface area contributed by atoms with Crippen molar-refractivity contribution in [1.29, 1.82) is 0 Å². The van der Waals surface area contributed by atoms with E-state index in [1.807, 2.05) is 25.3 Å². The first-order valence-corrected chi connectivity index (χ1v) is 8.85. The first-order chi connectivity index (χ1) is 11.9. The molecule has 0 unspecified atom stereocenters. The third-order valence-corrected chi connectivity index (χ3v) is 4.85. The molecule has 130 valence electrons. The third-order valence-electron chi connectivity index (χ3n) is 3.98. The zero-order valence-corrected chi connectivity index (χ0v) is 15.1. The quantitative estimate of drug-likeness (QED) is 0.844. The van der Waals surface area contributed by atoms with Gasteiger partial charge in [0, 0.05) is 12.2 Å². The average Bonchev–Trinajstić information content (AvgIpc) is 3.10. The van der Waals surface area contributed by atoms with E-state index in [4.69, 9.17) is 4.74 Å². The van der Waals surface area contributed by atoms with Crippen molar-refractivity contribution >= 4 is 34.5 Å². The van der Waals surface area contributed by atoms with Crippen molar-refractivity contribution in [2.24, 2.45) is 5.41 Å². The maximum atomic E-state index is 12.9. The first-order valence-electron chi connectivity index (χ1n) is 7.97. The normalized spacial score (nSPS) is 15.8. The molecule has 0 spiro atoms. The first kappa shape index (κ1) is 17.2. The summed E-state index contributed by atoms with van der Waals surface area (Å²) >= 11 is 1.38. The lowest BCUT2D eigenvalue weighted by Crippen LogP contribution is -2.42. The number of benzene rings is 1. The lowest BCUT2D eigenvalue weighted by Gasteiger charge is -2.27. The predicted octanol–water partition coefficient (Wildman–Crippen LogP) is 3.94. The zero-order valence-electron chi connectivity index (χ0n) is 14.2. The van der Waals surface area contributed by atoms with Crippen LogP contribution in [0.15, 0.2) is 48.4 Å². The summed E-state index contributed by atoms with van der Waals surface area (Å²) in [6.45, 7) is 8.13. The van der Waals surface area contributed by atoms with E-state index < -0.39 is 5.41 Å². The van der Waals surface area contributed by atoms with Gasteiger partial charge < -0.3 is 15.0 Å². The highest BCUT2D eigenvalue weighted by molar-refractivity contribution is 7.12. The number of hydrogen-bond acceptors (Lipinski definition) is 4. The van der Waals surface area contributed by atoms with Crippen LogP contribution in [0.5, 0.6) is 5.75 Å². The Hall–Kier alpha value is -2.60. The molecule has 2 amide bonds. The van der Waals surface area contributed by atoms with Gasteiger partial charge in [-0.1, -0.05) is 12.1 Å². The van der Waals surface area contributed by atoms with Crippen LogP contribution in [0.25, 0.3) is 0 Å². The van der Waals surface area contributed by atoms with Gasteiger partial charge in [-0.25, -0.2) is 0 Å². The smallest absolute Gasteiger partial charge is 0.265 e. The Kier molecular flexibility index (Phi) is 4.63. The lowest BCUT2D eigenvalue weighted by atomic mass is 9.93. The summed E-state index contributed by atoms with van der Waals surface area (Å²) in [4.78, 5) is 27.4. The highest BCUT2D eigenvalue weighted by Crippen LogP contribution is 2.38. The van der Waals surface area contributed by atoms with Crippen LogP contribution in [0, 0.1) is 5.41 Å². The Bertz CT molecular complexity index is 812. The number of carbonyl (C=O) groups excluding carboxylic acids is 2. The molecule has 2 heterocycles. The average molecular weight is 356 g/mol. The van der Waals surface area contributed by atoms with Crippen molar-refractivity contribution in [2.45, 2.75) is 13.8 Å². The van der Waals surface area contributed by atoms with Gasteiger partial charge in [0.1, 0.15) is 12.4 Å². The van der Waals surface area contributed by atoms with Crippen LogP contribution in [-0.4, -0.2) is 25.0 Å². The molecule has 0 radical (unpaired) electrons. The number of hydrogen-bond donors (Lipinski definition) is 1. The summed E-state index contributed by atoms with van der Waals surface area (Å²) in [6, 6.07) is 8.92. The lowest BCUT2D eigenvalue weighted by molar-refractivity contribution is -0.127. The van der Waals surface area contributed by atoms with E-state index in [9.17, 15) is 9.59 Å². The Morgan fingerprint density at radius 1 is 1.44 bits per heavy atom. The van der Waals surface area contributed by atoms with Gasteiger partial charge in [0.15, 0.2) is 0 Å². The van der Waals surface area contributed by atoms with Crippen LogP contribution in [0.1, 0.15) is 23.5 Å². The SMILES string of the molecule is C=CCN1C(=O)C(C)(C)COc2ccc(NC(=O)c3cccs3)cc21. The maximum Gasteiger partial charge on any atom is 0.265 e. The largest absolute Gasteiger partial charge is 0.490 e. The number of anilines is 2. The van der Waals surface area contributed by atoms with E-state index in [1.165, 1.54) is 11.3 Å². The van der Waals surface area contributed by atoms with Crippen LogP contribution in [0.4, 0.5) is 11.4 Å². The summed E-state index contributed by atoms with van der Waals surface area (Å²) in [7, 11) is 0. The van der Waals surface area contributed by atoms with E-state index in [-0.39, 0.29) is 11.8 Å². The monoisotopic (exact) mass is 356 g/mol. The fraction of sp³-hybridized carbons (Fsp3) is 0.263. The van der Waals surface area contributed by atoms with Crippen LogP contribution in [0.3, 0.4) is 0 Å². The van der Waals surface area contributed by atoms with Crippen molar-refractivity contribution in [2.75, 3.05) is 23.4 Å². The Morgan fingerprint density at radius 2 is 2.24 bits per heavy atom. The second-order valence-corrected chi connectivity index (χ2v) is 7.44. The summed E-state index contributed by atoms with van der Waals surface area (Å²) < 4.78 is 5.84. The van der Waals surface area contributed by atoms with Gasteiger partial charge in [-0.2, -0.15) is 0 Å². The van der Waals surface area contributed by atoms with Gasteiger partial charge in [-0.3, -0.25) is 9.59 Å². The number of carbonyl (C=O) groups is 2. The number of fused-ring (bicyclic) bond motifs is 1. The molecule has 0 atom stereocenters. The van der Waals surface area contributed by atoms with Gasteiger partial charge in [-0.05, 0) is 43.5 Å². The summed E-state index contributed by atoms with van der Waals surface area (Å²) in [5, 5.41) is 4.72. The number of ether oxygens (including phenoxy) is 1. The van der Waals surface area contributed by atoms with E-state index in [1.54, 1.807) is 35.2 Å². The highest BCUT2D eigenvalue weighted by Gasteiger charge is 2.37. The van der Waals surface area contributed by atoms with Crippen molar-refractivity contribution in [1.82, 2.24) is 0 Å². The Morgan fingerprint density at radius 3 is 2.92 bits per heavy atom. The molecule has 1 aromatic heterocycles. The number of nitrogens with zero attached hydrogens (tertiary/aromatic N) is 1. The highest BCUT2D eigenvalue weighted by atomic mass is 32.1. The molecule has 5 nitrogen and oxygen atoms in total. The van der Waals surface area contributed by atoms with Crippen molar-refractivity contribution in [3.05, 3.63) is 53.2 Å². The molecule has 0 saturated carbocycles. The van der Waals surface area contributed by atoms with Crippen LogP contribution in [-0.2, 0) is 4.79 Å². The summed E-state index contributed by atoms with van der Waals surface area (Å²) in [5.41, 5.74) is 0.615. The molecular weight excluding hydrogens is 336 g/mol. The number of amides is 2. The second-order valence-electron chi connectivity index (χ2n) is 6.49. The summed E-state index contributed by atoms with van der Waals surface area (Å²) in [5.74, 6) is 0.411. The number of thiophene rings is 1. The minimum absolute atomic E-state index is 0.0344. The van der Waals surface area contributed by atoms with Crippen molar-refractivity contribution < 1.29 is 14.3 Å². The minimum Gasteiger partial charge on any atom is -0.490 e. The molecule has 2 aromatic rings. The third kappa shape index (κ3) is 3.44. The van der Waals surface area contributed by atoms with E-state index in [0.717, 1.165) is 0 Å². The molecule has 1 aliphatic heterocycles. The molecule has 0 bridgehead atoms. The molecule has 0 fully saturated rings. The fourth-order valence-electron chi connectivity index (χ4n) is 2.63. The second kappa shape index (κ2) is 6.72. The Balaban J connectivity index is 1.94. The molecule has 1 N–H and O–H groups in total. The zero-order chi connectivity index (χ0) is 18.0. The molecule has 6 heteroatoms. The number of nitrogens with one attached hydrogen (secondary N) is 1. The van der Waals surface area contributed by atoms with Gasteiger partial charge in [0.25, 0.3) is 5.91 Å². The number of rotatable bonds is 4. The van der Waals surface area contributed by atoms with E-state index in [0.29, 0.717) is 35.2 Å².